The van der Waals surface area contributed by atoms with Crippen molar-refractivity contribution in [2.45, 2.75) is 45.6 Å². The molecule has 0 radical (unpaired) electrons. The molecule has 1 amide bonds. The summed E-state index contributed by atoms with van der Waals surface area (Å²) < 4.78 is 5.33. The van der Waals surface area contributed by atoms with E-state index in [1.165, 1.54) is 0 Å². The molecule has 2 N–H and O–H groups in total. The maximum Gasteiger partial charge on any atom is 0.410 e. The molecule has 0 aliphatic carbocycles. The molecule has 100 valence electrons. The average molecular weight is 244 g/mol. The Labute approximate surface area is 103 Å². The molecule has 0 unspecified atom stereocenters. The van der Waals surface area contributed by atoms with Gasteiger partial charge in [0.15, 0.2) is 0 Å². The van der Waals surface area contributed by atoms with Crippen LogP contribution in [0.2, 0.25) is 0 Å². The Bertz CT molecular complexity index is 243. The van der Waals surface area contributed by atoms with Crippen LogP contribution in [0.4, 0.5) is 4.79 Å². The molecule has 1 aliphatic rings. The van der Waals surface area contributed by atoms with E-state index in [2.05, 4.69) is 5.48 Å². The molecule has 5 nitrogen and oxygen atoms in total. The molecule has 0 spiro atoms. The highest BCUT2D eigenvalue weighted by Gasteiger charge is 2.26. The summed E-state index contributed by atoms with van der Waals surface area (Å²) in [5.74, 6) is 0.591. The van der Waals surface area contributed by atoms with E-state index in [9.17, 15) is 4.79 Å². The first-order chi connectivity index (χ1) is 7.92. The Hall–Kier alpha value is -0.810. The van der Waals surface area contributed by atoms with E-state index < -0.39 is 5.60 Å². The van der Waals surface area contributed by atoms with Gasteiger partial charge in [0.1, 0.15) is 5.60 Å². The summed E-state index contributed by atoms with van der Waals surface area (Å²) in [7, 11) is 0. The van der Waals surface area contributed by atoms with E-state index in [0.717, 1.165) is 32.4 Å². The summed E-state index contributed by atoms with van der Waals surface area (Å²) in [6, 6.07) is 0. The predicted octanol–water partition coefficient (Wildman–Crippen LogP) is 2.00. The van der Waals surface area contributed by atoms with Crippen LogP contribution in [-0.2, 0) is 4.74 Å². The van der Waals surface area contributed by atoms with Crippen LogP contribution >= 0.6 is 0 Å². The van der Waals surface area contributed by atoms with E-state index in [4.69, 9.17) is 9.94 Å². The first-order valence-corrected chi connectivity index (χ1v) is 6.27. The van der Waals surface area contributed by atoms with Crippen molar-refractivity contribution in [1.82, 2.24) is 10.4 Å². The van der Waals surface area contributed by atoms with Crippen molar-refractivity contribution in [1.29, 1.82) is 0 Å². The molecular weight excluding hydrogens is 220 g/mol. The van der Waals surface area contributed by atoms with Crippen LogP contribution in [0.5, 0.6) is 0 Å². The van der Waals surface area contributed by atoms with Gasteiger partial charge in [0.25, 0.3) is 0 Å². The minimum absolute atomic E-state index is 0.212. The lowest BCUT2D eigenvalue weighted by atomic mass is 9.94. The van der Waals surface area contributed by atoms with Gasteiger partial charge in [0.05, 0.1) is 0 Å². The molecule has 0 aromatic carbocycles. The second kappa shape index (κ2) is 6.21. The fraction of sp³-hybridized carbons (Fsp3) is 0.917. The van der Waals surface area contributed by atoms with Gasteiger partial charge in [-0.3, -0.25) is 0 Å². The summed E-state index contributed by atoms with van der Waals surface area (Å²) in [5, 5.41) is 8.53. The summed E-state index contributed by atoms with van der Waals surface area (Å²) in [4.78, 5) is 13.6. The normalized spacial score (nSPS) is 18.2. The van der Waals surface area contributed by atoms with Gasteiger partial charge < -0.3 is 14.8 Å². The topological polar surface area (TPSA) is 61.8 Å². The van der Waals surface area contributed by atoms with Crippen LogP contribution in [0.3, 0.4) is 0 Å². The van der Waals surface area contributed by atoms with Crippen molar-refractivity contribution >= 4 is 6.09 Å². The van der Waals surface area contributed by atoms with Crippen molar-refractivity contribution in [2.24, 2.45) is 5.92 Å². The van der Waals surface area contributed by atoms with Gasteiger partial charge in [0.2, 0.25) is 0 Å². The number of piperidine rings is 1. The molecule has 1 rings (SSSR count). The molecule has 0 saturated carbocycles. The molecule has 5 heteroatoms. The van der Waals surface area contributed by atoms with Crippen LogP contribution in [0.15, 0.2) is 0 Å². The van der Waals surface area contributed by atoms with Gasteiger partial charge in [-0.25, -0.2) is 10.3 Å². The zero-order valence-electron chi connectivity index (χ0n) is 11.0. The molecule has 0 bridgehead atoms. The third kappa shape index (κ3) is 5.37. The molecule has 1 fully saturated rings. The first-order valence-electron chi connectivity index (χ1n) is 6.27. The smallest absolute Gasteiger partial charge is 0.410 e. The lowest BCUT2D eigenvalue weighted by Crippen LogP contribution is -2.42. The van der Waals surface area contributed by atoms with Crippen LogP contribution in [0.1, 0.15) is 40.0 Å². The lowest BCUT2D eigenvalue weighted by molar-refractivity contribution is 0.0177. The van der Waals surface area contributed by atoms with Gasteiger partial charge in [0, 0.05) is 19.6 Å². The number of likely N-dealkylation sites (tertiary alicyclic amines) is 1. The Morgan fingerprint density at radius 1 is 1.41 bits per heavy atom. The van der Waals surface area contributed by atoms with E-state index in [1.807, 2.05) is 20.8 Å². The summed E-state index contributed by atoms with van der Waals surface area (Å²) in [6.07, 6.45) is 2.72. The number of hydrogen-bond donors (Lipinski definition) is 2. The average Bonchev–Trinajstić information content (AvgIpc) is 2.24. The first kappa shape index (κ1) is 14.3. The summed E-state index contributed by atoms with van der Waals surface area (Å²) >= 11 is 0. The second-order valence-electron chi connectivity index (χ2n) is 5.61. The number of ether oxygens (including phenoxy) is 1. The Balaban J connectivity index is 2.29. The number of nitrogens with one attached hydrogen (secondary N) is 1. The van der Waals surface area contributed by atoms with E-state index in [1.54, 1.807) is 4.90 Å². The number of rotatable bonds is 3. The molecule has 0 aromatic rings. The standard InChI is InChI=1S/C12H24N2O3/c1-12(2,3)17-11(15)14-8-5-10(6-9-14)4-7-13-16/h10,13,16H,4-9H2,1-3H3. The largest absolute Gasteiger partial charge is 0.444 e. The second-order valence-corrected chi connectivity index (χ2v) is 5.61. The highest BCUT2D eigenvalue weighted by Crippen LogP contribution is 2.21. The highest BCUT2D eigenvalue weighted by molar-refractivity contribution is 5.68. The fourth-order valence-corrected chi connectivity index (χ4v) is 2.00. The molecule has 1 saturated heterocycles. The predicted molar refractivity (Wildman–Crippen MR) is 64.9 cm³/mol. The van der Waals surface area contributed by atoms with E-state index in [0.29, 0.717) is 12.5 Å². The van der Waals surface area contributed by atoms with Crippen molar-refractivity contribution in [3.8, 4) is 0 Å². The zero-order chi connectivity index (χ0) is 12.9. The quantitative estimate of drug-likeness (QED) is 0.745. The van der Waals surface area contributed by atoms with E-state index in [-0.39, 0.29) is 6.09 Å². The number of amides is 1. The number of hydroxylamine groups is 1. The van der Waals surface area contributed by atoms with Crippen molar-refractivity contribution in [3.05, 3.63) is 0 Å². The number of nitrogens with zero attached hydrogens (tertiary/aromatic N) is 1. The Morgan fingerprint density at radius 2 is 2.00 bits per heavy atom. The van der Waals surface area contributed by atoms with Crippen LogP contribution in [0.25, 0.3) is 0 Å². The molecule has 1 aliphatic heterocycles. The Morgan fingerprint density at radius 3 is 2.47 bits per heavy atom. The summed E-state index contributed by atoms with van der Waals surface area (Å²) in [5.41, 5.74) is 1.75. The molecule has 0 atom stereocenters. The maximum atomic E-state index is 11.8. The monoisotopic (exact) mass is 244 g/mol. The highest BCUT2D eigenvalue weighted by atomic mass is 16.6. The lowest BCUT2D eigenvalue weighted by Gasteiger charge is -2.33. The van der Waals surface area contributed by atoms with Crippen LogP contribution in [0, 0.1) is 5.92 Å². The Kier molecular flexibility index (Phi) is 5.21. The van der Waals surface area contributed by atoms with Gasteiger partial charge in [-0.1, -0.05) is 0 Å². The van der Waals surface area contributed by atoms with Crippen LogP contribution < -0.4 is 5.48 Å². The number of carbonyl (C=O) groups excluding carboxylic acids is 1. The molecule has 1 heterocycles. The minimum atomic E-state index is -0.422. The summed E-state index contributed by atoms with van der Waals surface area (Å²) in [6.45, 7) is 7.77. The van der Waals surface area contributed by atoms with Crippen LogP contribution in [-0.4, -0.2) is 41.4 Å². The van der Waals surface area contributed by atoms with Gasteiger partial charge in [-0.15, -0.1) is 0 Å². The third-order valence-corrected chi connectivity index (χ3v) is 2.93. The van der Waals surface area contributed by atoms with E-state index >= 15 is 0 Å². The number of hydrogen-bond acceptors (Lipinski definition) is 4. The van der Waals surface area contributed by atoms with Gasteiger partial charge >= 0.3 is 6.09 Å². The minimum Gasteiger partial charge on any atom is -0.444 e. The van der Waals surface area contributed by atoms with Gasteiger partial charge in [-0.05, 0) is 46.0 Å². The van der Waals surface area contributed by atoms with Crippen molar-refractivity contribution < 1.29 is 14.7 Å². The molecular formula is C12H24N2O3. The fourth-order valence-electron chi connectivity index (χ4n) is 2.00. The number of carbonyl (C=O) groups is 1. The molecule has 0 aromatic heterocycles. The van der Waals surface area contributed by atoms with Crippen molar-refractivity contribution in [3.63, 3.8) is 0 Å². The third-order valence-electron chi connectivity index (χ3n) is 2.93. The molecule has 17 heavy (non-hydrogen) atoms. The SMILES string of the molecule is CC(C)(C)OC(=O)N1CCC(CCNO)CC1. The van der Waals surface area contributed by atoms with Crippen molar-refractivity contribution in [2.75, 3.05) is 19.6 Å². The zero-order valence-corrected chi connectivity index (χ0v) is 11.0. The maximum absolute atomic E-state index is 11.8. The van der Waals surface area contributed by atoms with Gasteiger partial charge in [-0.2, -0.15) is 0 Å².